The van der Waals surface area contributed by atoms with Crippen LogP contribution in [0.2, 0.25) is 0 Å². The average Bonchev–Trinajstić information content (AvgIpc) is 2.31. The maximum atomic E-state index is 13.3. The maximum Gasteiger partial charge on any atom is 0.406 e. The predicted molar refractivity (Wildman–Crippen MR) is 60.3 cm³/mol. The molecule has 1 aromatic carbocycles. The van der Waals surface area contributed by atoms with Gasteiger partial charge in [0, 0.05) is 5.56 Å². The zero-order valence-corrected chi connectivity index (χ0v) is 10.5. The molecule has 0 saturated heterocycles. The minimum Gasteiger partial charge on any atom is -0.480 e. The summed E-state index contributed by atoms with van der Waals surface area (Å²) in [6.07, 6.45) is -5.67. The Kier molecular flexibility index (Phi) is 5.23. The number of benzene rings is 1. The molecule has 1 N–H and O–H groups in total. The Morgan fingerprint density at radius 1 is 1.19 bits per heavy atom. The van der Waals surface area contributed by atoms with Crippen LogP contribution in [0.15, 0.2) is 18.2 Å². The van der Waals surface area contributed by atoms with E-state index in [9.17, 15) is 31.5 Å². The molecule has 1 rings (SSSR count). The quantitative estimate of drug-likeness (QED) is 0.846. The van der Waals surface area contributed by atoms with Gasteiger partial charge in [0.2, 0.25) is 5.91 Å². The highest BCUT2D eigenvalue weighted by molar-refractivity contribution is 5.83. The van der Waals surface area contributed by atoms with E-state index in [1.807, 2.05) is 0 Å². The summed E-state index contributed by atoms with van der Waals surface area (Å²) < 4.78 is 63.1. The van der Waals surface area contributed by atoms with E-state index < -0.39 is 54.8 Å². The molecule has 0 aromatic heterocycles. The molecule has 1 aromatic rings. The van der Waals surface area contributed by atoms with Gasteiger partial charge in [-0.1, -0.05) is 12.1 Å². The van der Waals surface area contributed by atoms with E-state index >= 15 is 0 Å². The molecule has 0 atom stereocenters. The summed E-state index contributed by atoms with van der Waals surface area (Å²) in [6, 6.07) is 2.91. The number of carbonyl (C=O) groups is 2. The SMILES string of the molecule is O=C(O)CN(CC(F)(F)F)C(=O)Cc1cccc(F)c1F. The number of hydrogen-bond acceptors (Lipinski definition) is 2. The van der Waals surface area contributed by atoms with E-state index in [-0.39, 0.29) is 4.90 Å². The van der Waals surface area contributed by atoms with Crippen LogP contribution in [-0.4, -0.2) is 41.1 Å². The molecule has 0 radical (unpaired) electrons. The first-order valence-corrected chi connectivity index (χ1v) is 5.59. The van der Waals surface area contributed by atoms with Crippen molar-refractivity contribution in [1.29, 1.82) is 0 Å². The second-order valence-electron chi connectivity index (χ2n) is 4.15. The predicted octanol–water partition coefficient (Wildman–Crippen LogP) is 1.98. The Labute approximate surface area is 115 Å². The average molecular weight is 311 g/mol. The van der Waals surface area contributed by atoms with E-state index in [1.165, 1.54) is 0 Å². The number of halogens is 5. The van der Waals surface area contributed by atoms with Crippen LogP contribution in [0.1, 0.15) is 5.56 Å². The summed E-state index contributed by atoms with van der Waals surface area (Å²) in [7, 11) is 0. The third-order valence-electron chi connectivity index (χ3n) is 2.42. The van der Waals surface area contributed by atoms with Gasteiger partial charge in [-0.2, -0.15) is 13.2 Å². The second-order valence-corrected chi connectivity index (χ2v) is 4.15. The van der Waals surface area contributed by atoms with Crippen molar-refractivity contribution in [3.05, 3.63) is 35.4 Å². The van der Waals surface area contributed by atoms with Crippen LogP contribution in [0.5, 0.6) is 0 Å². The fraction of sp³-hybridized carbons (Fsp3) is 0.333. The number of amides is 1. The summed E-state index contributed by atoms with van der Waals surface area (Å²) in [6.45, 7) is -2.97. The van der Waals surface area contributed by atoms with Gasteiger partial charge in [0.15, 0.2) is 11.6 Å². The van der Waals surface area contributed by atoms with Crippen LogP contribution in [-0.2, 0) is 16.0 Å². The van der Waals surface area contributed by atoms with Gasteiger partial charge in [0.1, 0.15) is 13.1 Å². The topological polar surface area (TPSA) is 57.6 Å². The molecule has 0 aliphatic rings. The van der Waals surface area contributed by atoms with Gasteiger partial charge in [-0.25, -0.2) is 8.78 Å². The molecule has 21 heavy (non-hydrogen) atoms. The first-order valence-electron chi connectivity index (χ1n) is 5.59. The van der Waals surface area contributed by atoms with Crippen LogP contribution in [0.4, 0.5) is 22.0 Å². The van der Waals surface area contributed by atoms with E-state index in [1.54, 1.807) is 0 Å². The van der Waals surface area contributed by atoms with E-state index in [2.05, 4.69) is 0 Å². The van der Waals surface area contributed by atoms with Crippen molar-refractivity contribution in [2.24, 2.45) is 0 Å². The fourth-order valence-corrected chi connectivity index (χ4v) is 1.57. The van der Waals surface area contributed by atoms with Gasteiger partial charge in [0.05, 0.1) is 6.42 Å². The normalized spacial score (nSPS) is 11.3. The van der Waals surface area contributed by atoms with Crippen molar-refractivity contribution < 1.29 is 36.6 Å². The summed E-state index contributed by atoms with van der Waals surface area (Å²) >= 11 is 0. The van der Waals surface area contributed by atoms with Gasteiger partial charge in [-0.3, -0.25) is 9.59 Å². The van der Waals surface area contributed by atoms with E-state index in [0.29, 0.717) is 0 Å². The molecule has 0 saturated carbocycles. The van der Waals surface area contributed by atoms with Crippen LogP contribution < -0.4 is 0 Å². The lowest BCUT2D eigenvalue weighted by molar-refractivity contribution is -0.165. The minimum absolute atomic E-state index is 0.0205. The van der Waals surface area contributed by atoms with E-state index in [4.69, 9.17) is 5.11 Å². The highest BCUT2D eigenvalue weighted by Crippen LogP contribution is 2.18. The van der Waals surface area contributed by atoms with Crippen LogP contribution in [0.3, 0.4) is 0 Å². The Morgan fingerprint density at radius 3 is 2.33 bits per heavy atom. The first kappa shape index (κ1) is 16.9. The third kappa shape index (κ3) is 5.36. The lowest BCUT2D eigenvalue weighted by atomic mass is 10.1. The van der Waals surface area contributed by atoms with Gasteiger partial charge < -0.3 is 10.0 Å². The van der Waals surface area contributed by atoms with Gasteiger partial charge in [0.25, 0.3) is 0 Å². The number of carbonyl (C=O) groups excluding carboxylic acids is 1. The van der Waals surface area contributed by atoms with Crippen molar-refractivity contribution in [3.8, 4) is 0 Å². The highest BCUT2D eigenvalue weighted by Gasteiger charge is 2.34. The van der Waals surface area contributed by atoms with Crippen LogP contribution in [0, 0.1) is 11.6 Å². The van der Waals surface area contributed by atoms with E-state index in [0.717, 1.165) is 18.2 Å². The summed E-state index contributed by atoms with van der Waals surface area (Å²) in [4.78, 5) is 22.2. The van der Waals surface area contributed by atoms with Crippen molar-refractivity contribution in [2.75, 3.05) is 13.1 Å². The molecule has 0 fully saturated rings. The molecule has 0 aliphatic carbocycles. The Bertz CT molecular complexity index is 544. The van der Waals surface area contributed by atoms with Crippen LogP contribution >= 0.6 is 0 Å². The number of carboxylic acids is 1. The molecule has 9 heteroatoms. The van der Waals surface area contributed by atoms with Crippen molar-refractivity contribution in [1.82, 2.24) is 4.90 Å². The lowest BCUT2D eigenvalue weighted by Crippen LogP contribution is -2.42. The van der Waals surface area contributed by atoms with Gasteiger partial charge >= 0.3 is 12.1 Å². The second kappa shape index (κ2) is 6.51. The highest BCUT2D eigenvalue weighted by atomic mass is 19.4. The summed E-state index contributed by atoms with van der Waals surface area (Å²) in [5.74, 6) is -5.51. The van der Waals surface area contributed by atoms with Crippen molar-refractivity contribution >= 4 is 11.9 Å². The molecular formula is C12H10F5NO3. The summed E-state index contributed by atoms with van der Waals surface area (Å²) in [5, 5.41) is 8.50. The Balaban J connectivity index is 2.90. The molecule has 116 valence electrons. The zero-order chi connectivity index (χ0) is 16.2. The van der Waals surface area contributed by atoms with Gasteiger partial charge in [-0.15, -0.1) is 0 Å². The number of carboxylic acid groups (broad SMARTS) is 1. The maximum absolute atomic E-state index is 13.3. The molecule has 0 heterocycles. The zero-order valence-electron chi connectivity index (χ0n) is 10.5. The number of alkyl halides is 3. The van der Waals surface area contributed by atoms with Crippen molar-refractivity contribution in [3.63, 3.8) is 0 Å². The first-order chi connectivity index (χ1) is 9.60. The monoisotopic (exact) mass is 311 g/mol. The van der Waals surface area contributed by atoms with Crippen molar-refractivity contribution in [2.45, 2.75) is 12.6 Å². The molecule has 0 spiro atoms. The minimum atomic E-state index is -4.80. The van der Waals surface area contributed by atoms with Gasteiger partial charge in [-0.05, 0) is 6.07 Å². The molecule has 4 nitrogen and oxygen atoms in total. The van der Waals surface area contributed by atoms with Crippen LogP contribution in [0.25, 0.3) is 0 Å². The number of aliphatic carboxylic acids is 1. The third-order valence-corrected chi connectivity index (χ3v) is 2.42. The number of hydrogen-bond donors (Lipinski definition) is 1. The Morgan fingerprint density at radius 2 is 1.81 bits per heavy atom. The molecule has 0 unspecified atom stereocenters. The molecule has 1 amide bonds. The largest absolute Gasteiger partial charge is 0.480 e. The molecule has 0 aliphatic heterocycles. The number of nitrogens with zero attached hydrogens (tertiary/aromatic N) is 1. The number of rotatable bonds is 5. The fourth-order valence-electron chi connectivity index (χ4n) is 1.57. The standard InChI is InChI=1S/C12H10F5NO3/c13-8-3-1-2-7(11(8)14)4-9(19)18(5-10(20)21)6-12(15,16)17/h1-3H,4-6H2,(H,20,21). The lowest BCUT2D eigenvalue weighted by Gasteiger charge is -2.22. The summed E-state index contributed by atoms with van der Waals surface area (Å²) in [5.41, 5.74) is -0.447. The smallest absolute Gasteiger partial charge is 0.406 e. The Hall–Kier alpha value is -2.19. The molecular weight excluding hydrogens is 301 g/mol. The molecule has 0 bridgehead atoms.